The Bertz CT molecular complexity index is 1310. The molecular weight excluding hydrogens is 416 g/mol. The number of aromatic nitrogens is 3. The van der Waals surface area contributed by atoms with Crippen molar-refractivity contribution >= 4 is 5.91 Å². The van der Waals surface area contributed by atoms with Gasteiger partial charge in [-0.1, -0.05) is 24.3 Å². The number of ether oxygens (including phenoxy) is 2. The highest BCUT2D eigenvalue weighted by Gasteiger charge is 2.31. The van der Waals surface area contributed by atoms with Gasteiger partial charge >= 0.3 is 0 Å². The van der Waals surface area contributed by atoms with Gasteiger partial charge < -0.3 is 18.9 Å². The topological polar surface area (TPSA) is 61.5 Å². The SMILES string of the molecule is COc1ccc(CC(=O)N2Cc3nn(-c4ccccc4C)c(-n4cccc4)c3C2)cc1OC. The van der Waals surface area contributed by atoms with E-state index >= 15 is 0 Å². The summed E-state index contributed by atoms with van der Waals surface area (Å²) in [4.78, 5) is 15.0. The Balaban J connectivity index is 1.43. The van der Waals surface area contributed by atoms with E-state index in [0.29, 0.717) is 31.0 Å². The zero-order chi connectivity index (χ0) is 22.9. The molecule has 0 radical (unpaired) electrons. The van der Waals surface area contributed by atoms with Crippen LogP contribution in [0.25, 0.3) is 11.5 Å². The molecule has 0 aliphatic carbocycles. The number of fused-ring (bicyclic) bond motifs is 1. The summed E-state index contributed by atoms with van der Waals surface area (Å²) in [6.45, 7) is 3.11. The molecule has 168 valence electrons. The number of carbonyl (C=O) groups is 1. The van der Waals surface area contributed by atoms with E-state index in [4.69, 9.17) is 14.6 Å². The lowest BCUT2D eigenvalue weighted by Crippen LogP contribution is -2.28. The van der Waals surface area contributed by atoms with E-state index in [9.17, 15) is 4.79 Å². The summed E-state index contributed by atoms with van der Waals surface area (Å²) in [6.07, 6.45) is 4.32. The first-order valence-electron chi connectivity index (χ1n) is 10.9. The van der Waals surface area contributed by atoms with Crippen molar-refractivity contribution in [2.75, 3.05) is 14.2 Å². The molecule has 0 fully saturated rings. The highest BCUT2D eigenvalue weighted by Crippen LogP contribution is 2.32. The molecule has 0 saturated carbocycles. The van der Waals surface area contributed by atoms with E-state index in [2.05, 4.69) is 23.6 Å². The van der Waals surface area contributed by atoms with Crippen molar-refractivity contribution in [2.24, 2.45) is 0 Å². The number of nitrogens with zero attached hydrogens (tertiary/aromatic N) is 4. The Hall–Kier alpha value is -4.00. The third-order valence-corrected chi connectivity index (χ3v) is 6.08. The first-order chi connectivity index (χ1) is 16.1. The quantitative estimate of drug-likeness (QED) is 0.452. The minimum absolute atomic E-state index is 0.0566. The molecule has 5 rings (SSSR count). The Kier molecular flexibility index (Phi) is 5.38. The van der Waals surface area contributed by atoms with Gasteiger partial charge in [0, 0.05) is 18.0 Å². The fraction of sp³-hybridized carbons (Fsp3) is 0.231. The number of aryl methyl sites for hydroxylation is 1. The first kappa shape index (κ1) is 20.9. The zero-order valence-electron chi connectivity index (χ0n) is 19.0. The molecule has 3 heterocycles. The zero-order valence-corrected chi connectivity index (χ0v) is 19.0. The highest BCUT2D eigenvalue weighted by atomic mass is 16.5. The summed E-state index contributed by atoms with van der Waals surface area (Å²) in [5, 5.41) is 4.93. The van der Waals surface area contributed by atoms with Gasteiger partial charge in [0.1, 0.15) is 5.82 Å². The van der Waals surface area contributed by atoms with Crippen LogP contribution in [0.2, 0.25) is 0 Å². The third kappa shape index (κ3) is 3.75. The van der Waals surface area contributed by atoms with E-state index in [0.717, 1.165) is 33.9 Å². The van der Waals surface area contributed by atoms with Crippen molar-refractivity contribution in [3.8, 4) is 23.0 Å². The van der Waals surface area contributed by atoms with E-state index in [1.54, 1.807) is 14.2 Å². The molecule has 0 unspecified atom stereocenters. The molecule has 2 aromatic carbocycles. The van der Waals surface area contributed by atoms with Crippen molar-refractivity contribution in [2.45, 2.75) is 26.4 Å². The Morgan fingerprint density at radius 2 is 1.73 bits per heavy atom. The molecule has 1 aliphatic heterocycles. The van der Waals surface area contributed by atoms with E-state index in [1.807, 2.05) is 64.4 Å². The fourth-order valence-corrected chi connectivity index (χ4v) is 4.37. The molecule has 4 aromatic rings. The summed E-state index contributed by atoms with van der Waals surface area (Å²) < 4.78 is 14.7. The van der Waals surface area contributed by atoms with Crippen molar-refractivity contribution in [1.29, 1.82) is 0 Å². The van der Waals surface area contributed by atoms with E-state index < -0.39 is 0 Å². The molecule has 7 heteroatoms. The van der Waals surface area contributed by atoms with Crippen LogP contribution in [-0.2, 0) is 24.3 Å². The second-order valence-electron chi connectivity index (χ2n) is 8.15. The van der Waals surface area contributed by atoms with Gasteiger partial charge in [0.15, 0.2) is 11.5 Å². The number of para-hydroxylation sites is 1. The van der Waals surface area contributed by atoms with Gasteiger partial charge in [-0.2, -0.15) is 5.10 Å². The Labute approximate surface area is 192 Å². The monoisotopic (exact) mass is 442 g/mol. The lowest BCUT2D eigenvalue weighted by atomic mass is 10.1. The third-order valence-electron chi connectivity index (χ3n) is 6.08. The van der Waals surface area contributed by atoms with Crippen LogP contribution in [-0.4, -0.2) is 39.4 Å². The van der Waals surface area contributed by atoms with Crippen LogP contribution in [0.1, 0.15) is 22.4 Å². The predicted molar refractivity (Wildman–Crippen MR) is 125 cm³/mol. The number of hydrogen-bond donors (Lipinski definition) is 0. The minimum Gasteiger partial charge on any atom is -0.493 e. The van der Waals surface area contributed by atoms with Crippen LogP contribution in [0.5, 0.6) is 11.5 Å². The number of benzene rings is 2. The summed E-state index contributed by atoms with van der Waals surface area (Å²) in [6, 6.07) is 17.8. The van der Waals surface area contributed by atoms with Gasteiger partial charge in [-0.15, -0.1) is 0 Å². The number of carbonyl (C=O) groups excluding carboxylic acids is 1. The maximum Gasteiger partial charge on any atom is 0.227 e. The van der Waals surface area contributed by atoms with Crippen molar-refractivity contribution in [3.05, 3.63) is 89.4 Å². The van der Waals surface area contributed by atoms with Crippen molar-refractivity contribution in [1.82, 2.24) is 19.2 Å². The molecule has 33 heavy (non-hydrogen) atoms. The van der Waals surface area contributed by atoms with Crippen LogP contribution >= 0.6 is 0 Å². The number of hydrogen-bond acceptors (Lipinski definition) is 4. The number of amides is 1. The average Bonchev–Trinajstić information content (AvgIpc) is 3.55. The van der Waals surface area contributed by atoms with Gasteiger partial charge in [-0.05, 0) is 48.4 Å². The maximum atomic E-state index is 13.2. The van der Waals surface area contributed by atoms with Gasteiger partial charge in [0.05, 0.1) is 45.1 Å². The second-order valence-corrected chi connectivity index (χ2v) is 8.15. The molecule has 0 spiro atoms. The number of methoxy groups -OCH3 is 2. The molecule has 1 aliphatic rings. The van der Waals surface area contributed by atoms with Gasteiger partial charge in [0.25, 0.3) is 0 Å². The van der Waals surface area contributed by atoms with Crippen LogP contribution in [0, 0.1) is 6.92 Å². The predicted octanol–water partition coefficient (Wildman–Crippen LogP) is 4.07. The lowest BCUT2D eigenvalue weighted by molar-refractivity contribution is -0.131. The number of rotatable bonds is 6. The highest BCUT2D eigenvalue weighted by molar-refractivity contribution is 5.80. The normalized spacial score (nSPS) is 12.6. The average molecular weight is 443 g/mol. The molecule has 0 N–H and O–H groups in total. The summed E-state index contributed by atoms with van der Waals surface area (Å²) >= 11 is 0. The van der Waals surface area contributed by atoms with E-state index in [1.165, 1.54) is 0 Å². The van der Waals surface area contributed by atoms with Crippen LogP contribution in [0.4, 0.5) is 0 Å². The van der Waals surface area contributed by atoms with Crippen molar-refractivity contribution < 1.29 is 14.3 Å². The van der Waals surface area contributed by atoms with Gasteiger partial charge in [-0.3, -0.25) is 4.79 Å². The van der Waals surface area contributed by atoms with E-state index in [-0.39, 0.29) is 5.91 Å². The lowest BCUT2D eigenvalue weighted by Gasteiger charge is -2.18. The summed E-state index contributed by atoms with van der Waals surface area (Å²) in [5.74, 6) is 2.31. The molecule has 0 bridgehead atoms. The summed E-state index contributed by atoms with van der Waals surface area (Å²) in [7, 11) is 3.20. The van der Waals surface area contributed by atoms with Gasteiger partial charge in [-0.25, -0.2) is 4.68 Å². The molecule has 0 saturated heterocycles. The minimum atomic E-state index is 0.0566. The first-order valence-corrected chi connectivity index (χ1v) is 10.9. The largest absolute Gasteiger partial charge is 0.493 e. The van der Waals surface area contributed by atoms with Crippen molar-refractivity contribution in [3.63, 3.8) is 0 Å². The maximum absolute atomic E-state index is 13.2. The summed E-state index contributed by atoms with van der Waals surface area (Å²) in [5.41, 5.74) is 5.09. The van der Waals surface area contributed by atoms with Crippen LogP contribution < -0.4 is 9.47 Å². The Morgan fingerprint density at radius 1 is 0.970 bits per heavy atom. The Morgan fingerprint density at radius 3 is 2.45 bits per heavy atom. The second kappa shape index (κ2) is 8.50. The van der Waals surface area contributed by atoms with Crippen LogP contribution in [0.3, 0.4) is 0 Å². The molecule has 1 amide bonds. The fourth-order valence-electron chi connectivity index (χ4n) is 4.37. The molecule has 7 nitrogen and oxygen atoms in total. The van der Waals surface area contributed by atoms with Gasteiger partial charge in [0.2, 0.25) is 5.91 Å². The molecule has 0 atom stereocenters. The molecular formula is C26H26N4O3. The van der Waals surface area contributed by atoms with Crippen LogP contribution in [0.15, 0.2) is 67.0 Å². The molecule has 2 aromatic heterocycles. The smallest absolute Gasteiger partial charge is 0.227 e. The standard InChI is InChI=1S/C26H26N4O3/c1-18-8-4-5-9-22(18)30-26(28-12-6-7-13-28)20-16-29(17-21(20)27-30)25(31)15-19-10-11-23(32-2)24(14-19)33-3/h4-14H,15-17H2,1-3H3.